The van der Waals surface area contributed by atoms with Gasteiger partial charge in [-0.25, -0.2) is 0 Å². The molecule has 0 aromatic heterocycles. The van der Waals surface area contributed by atoms with Crippen LogP contribution >= 0.6 is 0 Å². The van der Waals surface area contributed by atoms with Crippen LogP contribution in [0.5, 0.6) is 0 Å². The summed E-state index contributed by atoms with van der Waals surface area (Å²) >= 11 is 0. The standard InChI is InChI=1S/C22H31N3O2/c1-22(11-6-12-25(22)20(26)15-7-3-2-4-8-15)21(27)24-19-16-9-5-10-17(19)14-18(23)13-16/h2-4,7-8,16-19H,5-6,9-14,23H2,1H3,(H,24,27). The Kier molecular flexibility index (Phi) is 4.97. The van der Waals surface area contributed by atoms with Crippen LogP contribution < -0.4 is 11.1 Å². The Hall–Kier alpha value is -1.88. The number of carbonyl (C=O) groups is 2. The third-order valence-corrected chi connectivity index (χ3v) is 7.07. The van der Waals surface area contributed by atoms with E-state index >= 15 is 0 Å². The lowest BCUT2D eigenvalue weighted by atomic mass is 9.67. The second-order valence-corrected chi connectivity index (χ2v) is 8.88. The molecule has 1 saturated heterocycles. The first kappa shape index (κ1) is 18.5. The van der Waals surface area contributed by atoms with Crippen LogP contribution in [0.25, 0.3) is 0 Å². The number of fused-ring (bicyclic) bond motifs is 2. The third-order valence-electron chi connectivity index (χ3n) is 7.07. The number of hydrogen-bond acceptors (Lipinski definition) is 3. The molecule has 0 radical (unpaired) electrons. The molecule has 27 heavy (non-hydrogen) atoms. The van der Waals surface area contributed by atoms with Gasteiger partial charge in [-0.1, -0.05) is 24.6 Å². The van der Waals surface area contributed by atoms with Crippen LogP contribution in [0.3, 0.4) is 0 Å². The highest BCUT2D eigenvalue weighted by Crippen LogP contribution is 2.40. The summed E-state index contributed by atoms with van der Waals surface area (Å²) in [6.07, 6.45) is 7.14. The lowest BCUT2D eigenvalue weighted by Gasteiger charge is -2.46. The second kappa shape index (κ2) is 7.27. The van der Waals surface area contributed by atoms with Crippen LogP contribution in [0.1, 0.15) is 62.2 Å². The van der Waals surface area contributed by atoms with Crippen molar-refractivity contribution in [3.63, 3.8) is 0 Å². The first-order chi connectivity index (χ1) is 13.0. The van der Waals surface area contributed by atoms with E-state index < -0.39 is 5.54 Å². The van der Waals surface area contributed by atoms with Crippen molar-refractivity contribution in [1.29, 1.82) is 0 Å². The van der Waals surface area contributed by atoms with E-state index in [1.165, 1.54) is 6.42 Å². The van der Waals surface area contributed by atoms with Crippen LogP contribution in [-0.2, 0) is 4.79 Å². The fraction of sp³-hybridized carbons (Fsp3) is 0.636. The minimum Gasteiger partial charge on any atom is -0.351 e. The SMILES string of the molecule is CC1(C(=O)NC2C3CCCC2CC(N)C3)CCCN1C(=O)c1ccccc1. The molecular weight excluding hydrogens is 338 g/mol. The van der Waals surface area contributed by atoms with Crippen molar-refractivity contribution in [3.8, 4) is 0 Å². The zero-order chi connectivity index (χ0) is 19.0. The first-order valence-electron chi connectivity index (χ1n) is 10.4. The maximum absolute atomic E-state index is 13.4. The topological polar surface area (TPSA) is 75.4 Å². The third kappa shape index (κ3) is 3.38. The minimum atomic E-state index is -0.763. The maximum atomic E-state index is 13.4. The minimum absolute atomic E-state index is 0.0154. The lowest BCUT2D eigenvalue weighted by molar-refractivity contribution is -0.132. The molecule has 2 amide bonds. The molecular formula is C22H31N3O2. The van der Waals surface area contributed by atoms with E-state index in [0.29, 0.717) is 23.9 Å². The molecule has 3 N–H and O–H groups in total. The number of carbonyl (C=O) groups excluding carboxylic acids is 2. The van der Waals surface area contributed by atoms with Crippen molar-refractivity contribution in [2.75, 3.05) is 6.54 Å². The largest absolute Gasteiger partial charge is 0.351 e. The molecule has 2 saturated carbocycles. The van der Waals surface area contributed by atoms with Crippen molar-refractivity contribution in [2.24, 2.45) is 17.6 Å². The van der Waals surface area contributed by atoms with Crippen LogP contribution in [0.15, 0.2) is 30.3 Å². The van der Waals surface area contributed by atoms with Gasteiger partial charge >= 0.3 is 0 Å². The molecule has 3 atom stereocenters. The first-order valence-corrected chi connectivity index (χ1v) is 10.4. The summed E-state index contributed by atoms with van der Waals surface area (Å²) in [6.45, 7) is 2.57. The van der Waals surface area contributed by atoms with Gasteiger partial charge in [0.15, 0.2) is 0 Å². The van der Waals surface area contributed by atoms with E-state index in [-0.39, 0.29) is 23.9 Å². The van der Waals surface area contributed by atoms with Gasteiger partial charge in [0.05, 0.1) is 0 Å². The Morgan fingerprint density at radius 3 is 2.44 bits per heavy atom. The van der Waals surface area contributed by atoms with E-state index in [1.807, 2.05) is 37.3 Å². The highest BCUT2D eigenvalue weighted by atomic mass is 16.2. The van der Waals surface area contributed by atoms with Gasteiger partial charge in [-0.15, -0.1) is 0 Å². The highest BCUT2D eigenvalue weighted by Gasteiger charge is 2.48. The molecule has 2 aliphatic carbocycles. The number of nitrogens with zero attached hydrogens (tertiary/aromatic N) is 1. The molecule has 0 spiro atoms. The molecule has 1 aromatic carbocycles. The normalized spacial score (nSPS) is 35.7. The summed E-state index contributed by atoms with van der Waals surface area (Å²) in [4.78, 5) is 28.2. The average molecular weight is 370 g/mol. The smallest absolute Gasteiger partial charge is 0.254 e. The van der Waals surface area contributed by atoms with Gasteiger partial charge in [-0.3, -0.25) is 9.59 Å². The summed E-state index contributed by atoms with van der Waals surface area (Å²) in [5, 5.41) is 3.37. The Bertz CT molecular complexity index is 693. The van der Waals surface area contributed by atoms with Crippen LogP contribution in [-0.4, -0.2) is 40.9 Å². The molecule has 5 nitrogen and oxygen atoms in total. The second-order valence-electron chi connectivity index (χ2n) is 8.88. The van der Waals surface area contributed by atoms with Crippen LogP contribution in [0.4, 0.5) is 0 Å². The molecule has 3 unspecified atom stereocenters. The molecule has 3 aliphatic rings. The summed E-state index contributed by atoms with van der Waals surface area (Å²) in [6, 6.07) is 9.78. The van der Waals surface area contributed by atoms with E-state index in [2.05, 4.69) is 5.32 Å². The number of likely N-dealkylation sites (tertiary alicyclic amines) is 1. The number of nitrogens with two attached hydrogens (primary N) is 1. The summed E-state index contributed by atoms with van der Waals surface area (Å²) in [5.41, 5.74) is 6.12. The van der Waals surface area contributed by atoms with E-state index in [1.54, 1.807) is 4.90 Å². The quantitative estimate of drug-likeness (QED) is 0.860. The summed E-state index contributed by atoms with van der Waals surface area (Å²) in [5.74, 6) is 0.942. The monoisotopic (exact) mass is 369 g/mol. The molecule has 2 bridgehead atoms. The molecule has 3 fully saturated rings. The van der Waals surface area contributed by atoms with Crippen molar-refractivity contribution < 1.29 is 9.59 Å². The predicted molar refractivity (Wildman–Crippen MR) is 105 cm³/mol. The van der Waals surface area contributed by atoms with Gasteiger partial charge in [0, 0.05) is 24.2 Å². The molecule has 4 rings (SSSR count). The van der Waals surface area contributed by atoms with Crippen molar-refractivity contribution in [1.82, 2.24) is 10.2 Å². The number of hydrogen-bond donors (Lipinski definition) is 2. The Labute approximate surface area is 161 Å². The van der Waals surface area contributed by atoms with E-state index in [4.69, 9.17) is 5.73 Å². The van der Waals surface area contributed by atoms with Crippen molar-refractivity contribution in [2.45, 2.75) is 69.5 Å². The molecule has 1 aromatic rings. The fourth-order valence-corrected chi connectivity index (χ4v) is 5.59. The Morgan fingerprint density at radius 1 is 1.11 bits per heavy atom. The van der Waals surface area contributed by atoms with Gasteiger partial charge in [0.1, 0.15) is 5.54 Å². The van der Waals surface area contributed by atoms with Gasteiger partial charge in [0.25, 0.3) is 5.91 Å². The number of nitrogens with one attached hydrogen (secondary N) is 1. The molecule has 1 heterocycles. The van der Waals surface area contributed by atoms with Gasteiger partial charge in [-0.05, 0) is 69.4 Å². The highest BCUT2D eigenvalue weighted by molar-refractivity contribution is 5.99. The number of rotatable bonds is 3. The Morgan fingerprint density at radius 2 is 1.78 bits per heavy atom. The maximum Gasteiger partial charge on any atom is 0.254 e. The molecule has 1 aliphatic heterocycles. The molecule has 5 heteroatoms. The zero-order valence-electron chi connectivity index (χ0n) is 16.2. The van der Waals surface area contributed by atoms with E-state index in [9.17, 15) is 9.59 Å². The van der Waals surface area contributed by atoms with Crippen LogP contribution in [0, 0.1) is 11.8 Å². The van der Waals surface area contributed by atoms with Gasteiger partial charge < -0.3 is 16.0 Å². The lowest BCUT2D eigenvalue weighted by Crippen LogP contribution is -2.61. The summed E-state index contributed by atoms with van der Waals surface area (Å²) in [7, 11) is 0. The van der Waals surface area contributed by atoms with E-state index in [0.717, 1.165) is 38.5 Å². The van der Waals surface area contributed by atoms with Gasteiger partial charge in [0.2, 0.25) is 5.91 Å². The fourth-order valence-electron chi connectivity index (χ4n) is 5.59. The zero-order valence-corrected chi connectivity index (χ0v) is 16.2. The Balaban J connectivity index is 1.51. The van der Waals surface area contributed by atoms with Gasteiger partial charge in [-0.2, -0.15) is 0 Å². The predicted octanol–water partition coefficient (Wildman–Crippen LogP) is 2.70. The van der Waals surface area contributed by atoms with Crippen LogP contribution in [0.2, 0.25) is 0 Å². The summed E-state index contributed by atoms with van der Waals surface area (Å²) < 4.78 is 0. The number of amides is 2. The van der Waals surface area contributed by atoms with Crippen molar-refractivity contribution >= 4 is 11.8 Å². The molecule has 146 valence electrons. The average Bonchev–Trinajstić information content (AvgIpc) is 3.05. The number of benzene rings is 1. The van der Waals surface area contributed by atoms with Crippen molar-refractivity contribution in [3.05, 3.63) is 35.9 Å².